The van der Waals surface area contributed by atoms with Crippen LogP contribution in [0.2, 0.25) is 0 Å². The summed E-state index contributed by atoms with van der Waals surface area (Å²) in [5.74, 6) is 0.771. The number of thiophene rings is 1. The highest BCUT2D eigenvalue weighted by molar-refractivity contribution is 7.18. The third kappa shape index (κ3) is 3.63. The first kappa shape index (κ1) is 16.0. The molecular weight excluding hydrogens is 298 g/mol. The lowest BCUT2D eigenvalue weighted by molar-refractivity contribution is 0.0734. The summed E-state index contributed by atoms with van der Waals surface area (Å²) in [5, 5.41) is 9.78. The minimum absolute atomic E-state index is 0.140. The molecule has 8 heteroatoms. The zero-order valence-corrected chi connectivity index (χ0v) is 12.8. The molecule has 2 heterocycles. The summed E-state index contributed by atoms with van der Waals surface area (Å²) >= 11 is 1.51. The molecule has 5 nitrogen and oxygen atoms in total. The molecule has 2 aromatic rings. The second-order valence-electron chi connectivity index (χ2n) is 4.84. The standard InChI is InChI=1S/C13H18F2N4OS/c1-7-8(2)21-13-11(7)12(16)17-10(18-13)6-19(3-4-20)5-9(14)15/h9,20H,3-6H2,1-2H3,(H2,16,17,18). The molecule has 0 atom stereocenters. The van der Waals surface area contributed by atoms with Gasteiger partial charge in [-0.25, -0.2) is 18.7 Å². The number of nitrogen functional groups attached to an aromatic ring is 1. The molecular formula is C13H18F2N4OS. The van der Waals surface area contributed by atoms with Crippen molar-refractivity contribution in [2.24, 2.45) is 0 Å². The van der Waals surface area contributed by atoms with Gasteiger partial charge in [0.1, 0.15) is 16.5 Å². The van der Waals surface area contributed by atoms with Crippen LogP contribution >= 0.6 is 11.3 Å². The number of aliphatic hydroxyl groups excluding tert-OH is 1. The molecule has 21 heavy (non-hydrogen) atoms. The Morgan fingerprint density at radius 1 is 1.33 bits per heavy atom. The number of aryl methyl sites for hydroxylation is 2. The first-order valence-corrected chi connectivity index (χ1v) is 7.37. The smallest absolute Gasteiger partial charge is 0.251 e. The number of hydrogen-bond acceptors (Lipinski definition) is 6. The van der Waals surface area contributed by atoms with Crippen molar-refractivity contribution in [2.45, 2.75) is 26.8 Å². The summed E-state index contributed by atoms with van der Waals surface area (Å²) in [6.45, 7) is 3.61. The van der Waals surface area contributed by atoms with E-state index in [9.17, 15) is 8.78 Å². The molecule has 0 fully saturated rings. The fourth-order valence-electron chi connectivity index (χ4n) is 2.17. The fraction of sp³-hybridized carbons (Fsp3) is 0.538. The number of nitrogens with zero attached hydrogens (tertiary/aromatic N) is 3. The highest BCUT2D eigenvalue weighted by atomic mass is 32.1. The number of aliphatic hydroxyl groups is 1. The Kier molecular flexibility index (Phi) is 5.02. The average Bonchev–Trinajstić information content (AvgIpc) is 2.64. The number of alkyl halides is 2. The largest absolute Gasteiger partial charge is 0.395 e. The third-order valence-corrected chi connectivity index (χ3v) is 4.38. The van der Waals surface area contributed by atoms with Gasteiger partial charge < -0.3 is 10.8 Å². The molecule has 116 valence electrons. The number of rotatable bonds is 6. The Labute approximate surface area is 125 Å². The lowest BCUT2D eigenvalue weighted by Gasteiger charge is -2.19. The van der Waals surface area contributed by atoms with Crippen LogP contribution in [0, 0.1) is 13.8 Å². The van der Waals surface area contributed by atoms with Crippen molar-refractivity contribution < 1.29 is 13.9 Å². The third-order valence-electron chi connectivity index (χ3n) is 3.28. The number of anilines is 1. The minimum atomic E-state index is -2.47. The average molecular weight is 316 g/mol. The van der Waals surface area contributed by atoms with Gasteiger partial charge in [-0.3, -0.25) is 4.90 Å². The van der Waals surface area contributed by atoms with Crippen LogP contribution in [0.1, 0.15) is 16.3 Å². The Balaban J connectivity index is 2.29. The number of hydrogen-bond donors (Lipinski definition) is 2. The van der Waals surface area contributed by atoms with Crippen molar-refractivity contribution in [1.29, 1.82) is 0 Å². The molecule has 0 radical (unpaired) electrons. The first-order valence-electron chi connectivity index (χ1n) is 6.55. The van der Waals surface area contributed by atoms with Gasteiger partial charge in [-0.15, -0.1) is 11.3 Å². The van der Waals surface area contributed by atoms with Gasteiger partial charge >= 0.3 is 0 Å². The van der Waals surface area contributed by atoms with Crippen LogP contribution in [0.25, 0.3) is 10.2 Å². The van der Waals surface area contributed by atoms with Crippen molar-refractivity contribution in [1.82, 2.24) is 14.9 Å². The van der Waals surface area contributed by atoms with E-state index in [1.165, 1.54) is 16.2 Å². The topological polar surface area (TPSA) is 75.3 Å². The van der Waals surface area contributed by atoms with E-state index in [1.807, 2.05) is 13.8 Å². The molecule has 0 saturated carbocycles. The summed E-state index contributed by atoms with van der Waals surface area (Å²) in [7, 11) is 0. The summed E-state index contributed by atoms with van der Waals surface area (Å²) in [5.41, 5.74) is 7.02. The van der Waals surface area contributed by atoms with E-state index in [4.69, 9.17) is 10.8 Å². The lowest BCUT2D eigenvalue weighted by Crippen LogP contribution is -2.32. The van der Waals surface area contributed by atoms with Crippen LogP contribution in [0.4, 0.5) is 14.6 Å². The molecule has 0 saturated heterocycles. The molecule has 0 aliphatic carbocycles. The second kappa shape index (κ2) is 6.59. The number of aromatic nitrogens is 2. The zero-order valence-electron chi connectivity index (χ0n) is 11.9. The Bertz CT molecular complexity index is 632. The van der Waals surface area contributed by atoms with Gasteiger partial charge in [0.2, 0.25) is 0 Å². The molecule has 0 spiro atoms. The van der Waals surface area contributed by atoms with E-state index in [0.29, 0.717) is 11.6 Å². The predicted molar refractivity (Wildman–Crippen MR) is 79.7 cm³/mol. The van der Waals surface area contributed by atoms with Gasteiger partial charge in [0.25, 0.3) is 6.43 Å². The van der Waals surface area contributed by atoms with E-state index >= 15 is 0 Å². The first-order chi connectivity index (χ1) is 9.92. The Morgan fingerprint density at radius 3 is 2.67 bits per heavy atom. The van der Waals surface area contributed by atoms with Crippen molar-refractivity contribution in [3.05, 3.63) is 16.3 Å². The van der Waals surface area contributed by atoms with Crippen LogP contribution in [-0.4, -0.2) is 46.1 Å². The molecule has 0 aliphatic heterocycles. The Morgan fingerprint density at radius 2 is 2.05 bits per heavy atom. The van der Waals surface area contributed by atoms with Crippen molar-refractivity contribution >= 4 is 27.4 Å². The lowest BCUT2D eigenvalue weighted by atomic mass is 10.2. The van der Waals surface area contributed by atoms with Gasteiger partial charge in [-0.2, -0.15) is 0 Å². The summed E-state index contributed by atoms with van der Waals surface area (Å²) in [4.78, 5) is 11.9. The van der Waals surface area contributed by atoms with Gasteiger partial charge in [-0.05, 0) is 19.4 Å². The monoisotopic (exact) mass is 316 g/mol. The van der Waals surface area contributed by atoms with Crippen molar-refractivity contribution in [3.8, 4) is 0 Å². The van der Waals surface area contributed by atoms with Crippen LogP contribution in [0.3, 0.4) is 0 Å². The molecule has 0 bridgehead atoms. The highest BCUT2D eigenvalue weighted by Gasteiger charge is 2.16. The fourth-order valence-corrected chi connectivity index (χ4v) is 3.22. The van der Waals surface area contributed by atoms with Crippen molar-refractivity contribution in [2.75, 3.05) is 25.4 Å². The van der Waals surface area contributed by atoms with Gasteiger partial charge in [-0.1, -0.05) is 0 Å². The summed E-state index contributed by atoms with van der Waals surface area (Å²) in [6.07, 6.45) is -2.47. The van der Waals surface area contributed by atoms with Gasteiger partial charge in [0.15, 0.2) is 0 Å². The van der Waals surface area contributed by atoms with Gasteiger partial charge in [0, 0.05) is 11.4 Å². The predicted octanol–water partition coefficient (Wildman–Crippen LogP) is 1.95. The maximum atomic E-state index is 12.5. The SMILES string of the molecule is Cc1sc2nc(CN(CCO)CC(F)F)nc(N)c2c1C. The van der Waals surface area contributed by atoms with Crippen LogP contribution in [0.5, 0.6) is 0 Å². The van der Waals surface area contributed by atoms with Crippen LogP contribution in [-0.2, 0) is 6.54 Å². The van der Waals surface area contributed by atoms with Crippen LogP contribution in [0.15, 0.2) is 0 Å². The van der Waals surface area contributed by atoms with Gasteiger partial charge in [0.05, 0.1) is 25.1 Å². The highest BCUT2D eigenvalue weighted by Crippen LogP contribution is 2.31. The Hall–Kier alpha value is -1.38. The molecule has 0 aliphatic rings. The quantitative estimate of drug-likeness (QED) is 0.852. The minimum Gasteiger partial charge on any atom is -0.395 e. The summed E-state index contributed by atoms with van der Waals surface area (Å²) < 4.78 is 25.0. The van der Waals surface area contributed by atoms with Crippen LogP contribution < -0.4 is 5.73 Å². The molecule has 0 aromatic carbocycles. The molecule has 2 rings (SSSR count). The zero-order chi connectivity index (χ0) is 15.6. The van der Waals surface area contributed by atoms with E-state index < -0.39 is 13.0 Å². The second-order valence-corrected chi connectivity index (χ2v) is 6.04. The van der Waals surface area contributed by atoms with E-state index in [0.717, 1.165) is 20.7 Å². The molecule has 3 N–H and O–H groups in total. The van der Waals surface area contributed by atoms with E-state index in [1.54, 1.807) is 0 Å². The number of fused-ring (bicyclic) bond motifs is 1. The molecule has 0 unspecified atom stereocenters. The number of nitrogens with two attached hydrogens (primary N) is 1. The normalized spacial score (nSPS) is 12.0. The van der Waals surface area contributed by atoms with E-state index in [2.05, 4.69) is 9.97 Å². The van der Waals surface area contributed by atoms with E-state index in [-0.39, 0.29) is 19.7 Å². The van der Waals surface area contributed by atoms with Crippen molar-refractivity contribution in [3.63, 3.8) is 0 Å². The summed E-state index contributed by atoms with van der Waals surface area (Å²) in [6, 6.07) is 0. The maximum Gasteiger partial charge on any atom is 0.251 e. The maximum absolute atomic E-state index is 12.5. The molecule has 0 amide bonds. The molecule has 2 aromatic heterocycles. The number of halogens is 2.